The maximum Gasteiger partial charge on any atom is 0.253 e. The van der Waals surface area contributed by atoms with Gasteiger partial charge in [-0.3, -0.25) is 14.6 Å². The third kappa shape index (κ3) is 5.65. The van der Waals surface area contributed by atoms with Gasteiger partial charge in [0.05, 0.1) is 19.8 Å². The number of aromatic amines is 1. The molecule has 0 amide bonds. The number of nitrogens with one attached hydrogen (secondary N) is 1. The van der Waals surface area contributed by atoms with Gasteiger partial charge < -0.3 is 14.5 Å². The first-order valence-electron chi connectivity index (χ1n) is 14.2. The number of aromatic nitrogens is 5. The highest BCUT2D eigenvalue weighted by Gasteiger charge is 2.33. The number of fused-ring (bicyclic) bond motifs is 1. The quantitative estimate of drug-likeness (QED) is 0.344. The van der Waals surface area contributed by atoms with E-state index in [9.17, 15) is 4.79 Å². The second kappa shape index (κ2) is 11.9. The van der Waals surface area contributed by atoms with Crippen LogP contribution in [0.15, 0.2) is 53.3 Å². The summed E-state index contributed by atoms with van der Waals surface area (Å²) in [4.78, 5) is 21.5. The van der Waals surface area contributed by atoms with Crippen LogP contribution < -0.4 is 10.3 Å². The smallest absolute Gasteiger partial charge is 0.253 e. The summed E-state index contributed by atoms with van der Waals surface area (Å²) in [6.45, 7) is 7.70. The molecule has 2 saturated heterocycles. The standard InChI is InChI=1S/C30H37N7O3/c1-3-21-8-11-27-23(17-21)18-26(30(38)31-27)28(29-32-33-34-37(29)20-25-5-4-16-40-25)36-14-12-35(13-15-36)19-22-6-9-24(39-2)10-7-22/h6-11,17-18,25,28H,3-5,12-16,19-20H2,1-2H3,(H,31,38)/t25-,28+/m1/s1. The van der Waals surface area contributed by atoms with Crippen molar-refractivity contribution in [1.29, 1.82) is 0 Å². The summed E-state index contributed by atoms with van der Waals surface area (Å²) in [7, 11) is 1.69. The molecule has 10 heteroatoms. The maximum atomic E-state index is 13.6. The molecule has 0 unspecified atom stereocenters. The Morgan fingerprint density at radius 2 is 1.88 bits per heavy atom. The Balaban J connectivity index is 1.30. The molecule has 0 radical (unpaired) electrons. The zero-order valence-corrected chi connectivity index (χ0v) is 23.3. The fourth-order valence-electron chi connectivity index (χ4n) is 5.88. The number of methoxy groups -OCH3 is 1. The number of aryl methyl sites for hydroxylation is 1. The second-order valence-corrected chi connectivity index (χ2v) is 10.7. The van der Waals surface area contributed by atoms with Crippen LogP contribution in [-0.4, -0.2) is 81.0 Å². The molecule has 0 bridgehead atoms. The van der Waals surface area contributed by atoms with Crippen molar-refractivity contribution >= 4 is 10.9 Å². The van der Waals surface area contributed by atoms with Crippen LogP contribution in [0, 0.1) is 0 Å². The van der Waals surface area contributed by atoms with Crippen LogP contribution in [0.25, 0.3) is 10.9 Å². The van der Waals surface area contributed by atoms with Crippen LogP contribution in [-0.2, 0) is 24.2 Å². The van der Waals surface area contributed by atoms with Crippen molar-refractivity contribution in [3.8, 4) is 5.75 Å². The number of tetrazole rings is 1. The van der Waals surface area contributed by atoms with E-state index in [2.05, 4.69) is 61.5 Å². The van der Waals surface area contributed by atoms with Gasteiger partial charge in [-0.15, -0.1) is 5.10 Å². The van der Waals surface area contributed by atoms with Gasteiger partial charge in [-0.2, -0.15) is 0 Å². The SMILES string of the molecule is CCc1ccc2[nH]c(=O)c([C@@H](c3nnnn3C[C@H]3CCCO3)N3CCN(Cc4ccc(OC)cc4)CC3)cc2c1. The van der Waals surface area contributed by atoms with E-state index in [0.717, 1.165) is 75.2 Å². The fourth-order valence-corrected chi connectivity index (χ4v) is 5.88. The van der Waals surface area contributed by atoms with E-state index in [1.807, 2.05) is 28.9 Å². The highest BCUT2D eigenvalue weighted by atomic mass is 16.5. The molecule has 2 aromatic carbocycles. The molecule has 2 aromatic heterocycles. The molecule has 10 nitrogen and oxygen atoms in total. The molecule has 2 aliphatic heterocycles. The monoisotopic (exact) mass is 543 g/mol. The van der Waals surface area contributed by atoms with E-state index < -0.39 is 0 Å². The van der Waals surface area contributed by atoms with Gasteiger partial charge in [0.1, 0.15) is 11.8 Å². The molecule has 4 heterocycles. The number of pyridine rings is 1. The van der Waals surface area contributed by atoms with Crippen LogP contribution in [0.5, 0.6) is 5.75 Å². The van der Waals surface area contributed by atoms with E-state index in [1.54, 1.807) is 7.11 Å². The van der Waals surface area contributed by atoms with Crippen LogP contribution >= 0.6 is 0 Å². The van der Waals surface area contributed by atoms with Crippen molar-refractivity contribution < 1.29 is 9.47 Å². The fraction of sp³-hybridized carbons (Fsp3) is 0.467. The zero-order valence-electron chi connectivity index (χ0n) is 23.3. The molecule has 0 aliphatic carbocycles. The number of piperazine rings is 1. The van der Waals surface area contributed by atoms with Crippen LogP contribution in [0.2, 0.25) is 0 Å². The Bertz CT molecular complexity index is 1490. The van der Waals surface area contributed by atoms with Crippen molar-refractivity contribution in [2.75, 3.05) is 39.9 Å². The highest BCUT2D eigenvalue weighted by molar-refractivity contribution is 5.80. The van der Waals surface area contributed by atoms with Crippen molar-refractivity contribution in [3.05, 3.63) is 81.4 Å². The Kier molecular flexibility index (Phi) is 7.90. The first kappa shape index (κ1) is 26.6. The first-order valence-corrected chi connectivity index (χ1v) is 14.2. The number of nitrogens with zero attached hydrogens (tertiary/aromatic N) is 6. The Morgan fingerprint density at radius 3 is 2.60 bits per heavy atom. The van der Waals surface area contributed by atoms with Crippen molar-refractivity contribution in [2.24, 2.45) is 0 Å². The lowest BCUT2D eigenvalue weighted by Gasteiger charge is -2.38. The molecule has 2 aliphatic rings. The number of hydrogen-bond acceptors (Lipinski definition) is 8. The van der Waals surface area contributed by atoms with Gasteiger partial charge in [-0.25, -0.2) is 4.68 Å². The summed E-state index contributed by atoms with van der Waals surface area (Å²) in [5.41, 5.74) is 3.90. The highest BCUT2D eigenvalue weighted by Crippen LogP contribution is 2.29. The van der Waals surface area contributed by atoms with E-state index >= 15 is 0 Å². The number of benzene rings is 2. The molecular weight excluding hydrogens is 506 g/mol. The van der Waals surface area contributed by atoms with Crippen molar-refractivity contribution in [2.45, 2.75) is 51.4 Å². The molecule has 0 saturated carbocycles. The Morgan fingerprint density at radius 1 is 1.07 bits per heavy atom. The van der Waals surface area contributed by atoms with Gasteiger partial charge in [0.2, 0.25) is 0 Å². The first-order chi connectivity index (χ1) is 19.6. The lowest BCUT2D eigenvalue weighted by atomic mass is 10.0. The number of ether oxygens (including phenoxy) is 2. The van der Waals surface area contributed by atoms with Crippen LogP contribution in [0.1, 0.15) is 48.3 Å². The summed E-state index contributed by atoms with van der Waals surface area (Å²) in [6, 6.07) is 16.1. The second-order valence-electron chi connectivity index (χ2n) is 10.7. The predicted molar refractivity (Wildman–Crippen MR) is 152 cm³/mol. The lowest BCUT2D eigenvalue weighted by molar-refractivity contribution is 0.0840. The Labute approximate surface area is 233 Å². The zero-order chi connectivity index (χ0) is 27.5. The van der Waals surface area contributed by atoms with Gasteiger partial charge in [-0.1, -0.05) is 25.1 Å². The van der Waals surface area contributed by atoms with Gasteiger partial charge >= 0.3 is 0 Å². The molecule has 210 valence electrons. The van der Waals surface area contributed by atoms with E-state index in [0.29, 0.717) is 17.9 Å². The molecule has 2 atom stereocenters. The van der Waals surface area contributed by atoms with Gasteiger partial charge in [-0.05, 0) is 76.5 Å². The molecule has 1 N–H and O–H groups in total. The van der Waals surface area contributed by atoms with Crippen LogP contribution in [0.4, 0.5) is 0 Å². The minimum atomic E-state index is -0.363. The lowest BCUT2D eigenvalue weighted by Crippen LogP contribution is -2.48. The summed E-state index contributed by atoms with van der Waals surface area (Å²) in [6.07, 6.45) is 3.06. The summed E-state index contributed by atoms with van der Waals surface area (Å²) < 4.78 is 13.0. The number of rotatable bonds is 9. The van der Waals surface area contributed by atoms with E-state index in [1.165, 1.54) is 11.1 Å². The third-order valence-corrected chi connectivity index (χ3v) is 8.18. The average Bonchev–Trinajstić information content (AvgIpc) is 3.67. The van der Waals surface area contributed by atoms with Crippen LogP contribution in [0.3, 0.4) is 0 Å². The summed E-state index contributed by atoms with van der Waals surface area (Å²) in [5.74, 6) is 1.56. The third-order valence-electron chi connectivity index (χ3n) is 8.18. The molecular formula is C30H37N7O3. The maximum absolute atomic E-state index is 13.6. The minimum Gasteiger partial charge on any atom is -0.497 e. The number of H-pyrrole nitrogens is 1. The molecule has 6 rings (SSSR count). The van der Waals surface area contributed by atoms with E-state index in [-0.39, 0.29) is 17.7 Å². The normalized spacial score (nSPS) is 19.3. The minimum absolute atomic E-state index is 0.0891. The van der Waals surface area contributed by atoms with Crippen molar-refractivity contribution in [1.82, 2.24) is 35.0 Å². The summed E-state index contributed by atoms with van der Waals surface area (Å²) in [5, 5.41) is 13.9. The topological polar surface area (TPSA) is 101 Å². The number of hydrogen-bond donors (Lipinski definition) is 1. The molecule has 2 fully saturated rings. The van der Waals surface area contributed by atoms with Gasteiger partial charge in [0.15, 0.2) is 5.82 Å². The summed E-state index contributed by atoms with van der Waals surface area (Å²) >= 11 is 0. The Hall–Kier alpha value is -3.60. The van der Waals surface area contributed by atoms with Gasteiger partial charge in [0, 0.05) is 50.4 Å². The van der Waals surface area contributed by atoms with Gasteiger partial charge in [0.25, 0.3) is 5.56 Å². The largest absolute Gasteiger partial charge is 0.497 e. The molecule has 0 spiro atoms. The van der Waals surface area contributed by atoms with Crippen molar-refractivity contribution in [3.63, 3.8) is 0 Å². The average molecular weight is 544 g/mol. The molecule has 40 heavy (non-hydrogen) atoms. The predicted octanol–water partition coefficient (Wildman–Crippen LogP) is 3.17. The molecule has 4 aromatic rings. The van der Waals surface area contributed by atoms with E-state index in [4.69, 9.17) is 9.47 Å².